The molecule has 0 spiro atoms. The SMILES string of the molecule is COc1c(Cl)c(C)cc(C)c1CCCCN. The maximum absolute atomic E-state index is 6.23. The molecule has 0 bridgehead atoms. The van der Waals surface area contributed by atoms with Crippen LogP contribution in [0.15, 0.2) is 6.07 Å². The predicted octanol–water partition coefficient (Wildman–Crippen LogP) is 3.25. The second-order valence-corrected chi connectivity index (χ2v) is 4.46. The smallest absolute Gasteiger partial charge is 0.141 e. The van der Waals surface area contributed by atoms with Crippen LogP contribution in [0.1, 0.15) is 29.5 Å². The highest BCUT2D eigenvalue weighted by atomic mass is 35.5. The van der Waals surface area contributed by atoms with E-state index in [-0.39, 0.29) is 0 Å². The van der Waals surface area contributed by atoms with E-state index < -0.39 is 0 Å². The lowest BCUT2D eigenvalue weighted by atomic mass is 9.99. The monoisotopic (exact) mass is 241 g/mol. The van der Waals surface area contributed by atoms with Crippen molar-refractivity contribution in [2.75, 3.05) is 13.7 Å². The van der Waals surface area contributed by atoms with Crippen LogP contribution < -0.4 is 10.5 Å². The van der Waals surface area contributed by atoms with Gasteiger partial charge in [0.2, 0.25) is 0 Å². The molecule has 2 nitrogen and oxygen atoms in total. The van der Waals surface area contributed by atoms with E-state index in [9.17, 15) is 0 Å². The van der Waals surface area contributed by atoms with Crippen molar-refractivity contribution in [3.05, 3.63) is 27.8 Å². The third-order valence-corrected chi connectivity index (χ3v) is 3.28. The first-order chi connectivity index (χ1) is 7.61. The lowest BCUT2D eigenvalue weighted by molar-refractivity contribution is 0.408. The van der Waals surface area contributed by atoms with Crippen molar-refractivity contribution in [3.63, 3.8) is 0 Å². The van der Waals surface area contributed by atoms with Gasteiger partial charge in [0.15, 0.2) is 0 Å². The maximum Gasteiger partial charge on any atom is 0.141 e. The zero-order valence-electron chi connectivity index (χ0n) is 10.3. The molecule has 90 valence electrons. The number of rotatable bonds is 5. The topological polar surface area (TPSA) is 35.2 Å². The van der Waals surface area contributed by atoms with Crippen molar-refractivity contribution in [1.82, 2.24) is 0 Å². The summed E-state index contributed by atoms with van der Waals surface area (Å²) in [6, 6.07) is 2.11. The van der Waals surface area contributed by atoms with Gasteiger partial charge in [0.1, 0.15) is 5.75 Å². The van der Waals surface area contributed by atoms with Crippen LogP contribution in [0.3, 0.4) is 0 Å². The largest absolute Gasteiger partial charge is 0.495 e. The molecule has 0 aliphatic rings. The van der Waals surface area contributed by atoms with Crippen LogP contribution >= 0.6 is 11.6 Å². The van der Waals surface area contributed by atoms with Crippen LogP contribution in [0.2, 0.25) is 5.02 Å². The molecule has 0 aliphatic carbocycles. The summed E-state index contributed by atoms with van der Waals surface area (Å²) in [5.74, 6) is 0.830. The average Bonchev–Trinajstić information content (AvgIpc) is 2.26. The Bertz CT molecular complexity index is 363. The Balaban J connectivity index is 3.01. The summed E-state index contributed by atoms with van der Waals surface area (Å²) in [6.07, 6.45) is 3.09. The van der Waals surface area contributed by atoms with E-state index in [4.69, 9.17) is 22.1 Å². The molecule has 0 saturated heterocycles. The minimum absolute atomic E-state index is 0.732. The first-order valence-corrected chi connectivity index (χ1v) is 6.02. The van der Waals surface area contributed by atoms with Gasteiger partial charge in [-0.25, -0.2) is 0 Å². The third kappa shape index (κ3) is 2.89. The van der Waals surface area contributed by atoms with Crippen molar-refractivity contribution in [3.8, 4) is 5.75 Å². The van der Waals surface area contributed by atoms with E-state index in [0.717, 1.165) is 42.1 Å². The highest BCUT2D eigenvalue weighted by molar-refractivity contribution is 6.33. The third-order valence-electron chi connectivity index (χ3n) is 2.81. The molecule has 0 fully saturated rings. The molecule has 0 aliphatic heterocycles. The Morgan fingerprint density at radius 2 is 1.94 bits per heavy atom. The molecule has 1 rings (SSSR count). The number of benzene rings is 1. The lowest BCUT2D eigenvalue weighted by Gasteiger charge is -2.15. The van der Waals surface area contributed by atoms with Crippen LogP contribution in [0.4, 0.5) is 0 Å². The number of methoxy groups -OCH3 is 1. The van der Waals surface area contributed by atoms with E-state index in [1.807, 2.05) is 6.92 Å². The summed E-state index contributed by atoms with van der Waals surface area (Å²) >= 11 is 6.23. The summed E-state index contributed by atoms with van der Waals surface area (Å²) in [7, 11) is 1.67. The van der Waals surface area contributed by atoms with Crippen LogP contribution in [-0.2, 0) is 6.42 Å². The molecule has 3 heteroatoms. The number of aryl methyl sites for hydroxylation is 2. The Labute approximate surface area is 103 Å². The second kappa shape index (κ2) is 6.12. The maximum atomic E-state index is 6.23. The van der Waals surface area contributed by atoms with Gasteiger partial charge in [-0.05, 0) is 56.3 Å². The molecule has 0 heterocycles. The van der Waals surface area contributed by atoms with Gasteiger partial charge in [0.25, 0.3) is 0 Å². The quantitative estimate of drug-likeness (QED) is 0.804. The summed E-state index contributed by atoms with van der Waals surface area (Å²) in [6.45, 7) is 4.84. The number of halogens is 1. The van der Waals surface area contributed by atoms with Crippen LogP contribution in [0.25, 0.3) is 0 Å². The molecule has 1 aromatic carbocycles. The van der Waals surface area contributed by atoms with Crippen molar-refractivity contribution in [2.24, 2.45) is 5.73 Å². The van der Waals surface area contributed by atoms with Gasteiger partial charge in [0, 0.05) is 0 Å². The van der Waals surface area contributed by atoms with Crippen LogP contribution in [0, 0.1) is 13.8 Å². The first kappa shape index (κ1) is 13.3. The molecule has 2 N–H and O–H groups in total. The molecule has 0 saturated carbocycles. The Morgan fingerprint density at radius 1 is 1.25 bits per heavy atom. The minimum Gasteiger partial charge on any atom is -0.495 e. The lowest BCUT2D eigenvalue weighted by Crippen LogP contribution is -2.02. The first-order valence-electron chi connectivity index (χ1n) is 5.64. The Hall–Kier alpha value is -0.730. The van der Waals surface area contributed by atoms with E-state index in [1.54, 1.807) is 7.11 Å². The van der Waals surface area contributed by atoms with E-state index in [1.165, 1.54) is 11.1 Å². The molecular formula is C13H20ClNO. The Morgan fingerprint density at radius 3 is 2.50 bits per heavy atom. The predicted molar refractivity (Wildman–Crippen MR) is 69.5 cm³/mol. The van der Waals surface area contributed by atoms with Gasteiger partial charge >= 0.3 is 0 Å². The highest BCUT2D eigenvalue weighted by Gasteiger charge is 2.13. The summed E-state index contributed by atoms with van der Waals surface area (Å²) in [5, 5.41) is 0.732. The van der Waals surface area contributed by atoms with Gasteiger partial charge in [-0.3, -0.25) is 0 Å². The van der Waals surface area contributed by atoms with Gasteiger partial charge < -0.3 is 10.5 Å². The number of ether oxygens (including phenoxy) is 1. The van der Waals surface area contributed by atoms with Gasteiger partial charge in [-0.2, -0.15) is 0 Å². The molecule has 0 aromatic heterocycles. The molecule has 16 heavy (non-hydrogen) atoms. The molecule has 0 radical (unpaired) electrons. The fourth-order valence-electron chi connectivity index (χ4n) is 1.94. The van der Waals surface area contributed by atoms with Gasteiger partial charge in [-0.1, -0.05) is 17.7 Å². The fourth-order valence-corrected chi connectivity index (χ4v) is 2.18. The van der Waals surface area contributed by atoms with Crippen molar-refractivity contribution in [2.45, 2.75) is 33.1 Å². The summed E-state index contributed by atoms with van der Waals surface area (Å²) in [4.78, 5) is 0. The van der Waals surface area contributed by atoms with E-state index in [0.29, 0.717) is 0 Å². The second-order valence-electron chi connectivity index (χ2n) is 4.08. The summed E-state index contributed by atoms with van der Waals surface area (Å²) < 4.78 is 5.41. The number of hydrogen-bond acceptors (Lipinski definition) is 2. The molecule has 0 amide bonds. The fraction of sp³-hybridized carbons (Fsp3) is 0.538. The summed E-state index contributed by atoms with van der Waals surface area (Å²) in [5.41, 5.74) is 9.03. The molecular weight excluding hydrogens is 222 g/mol. The van der Waals surface area contributed by atoms with Crippen molar-refractivity contribution < 1.29 is 4.74 Å². The van der Waals surface area contributed by atoms with Gasteiger partial charge in [-0.15, -0.1) is 0 Å². The van der Waals surface area contributed by atoms with Crippen LogP contribution in [0.5, 0.6) is 5.75 Å². The number of unbranched alkanes of at least 4 members (excludes halogenated alkanes) is 1. The Kier molecular flexibility index (Phi) is 5.10. The zero-order valence-corrected chi connectivity index (χ0v) is 11.0. The minimum atomic E-state index is 0.732. The van der Waals surface area contributed by atoms with Crippen molar-refractivity contribution >= 4 is 11.6 Å². The van der Waals surface area contributed by atoms with E-state index >= 15 is 0 Å². The number of hydrogen-bond donors (Lipinski definition) is 1. The normalized spacial score (nSPS) is 10.6. The molecule has 0 atom stereocenters. The standard InChI is InChI=1S/C13H20ClNO/c1-9-8-10(2)12(14)13(16-3)11(9)6-4-5-7-15/h8H,4-7,15H2,1-3H3. The van der Waals surface area contributed by atoms with Crippen molar-refractivity contribution in [1.29, 1.82) is 0 Å². The van der Waals surface area contributed by atoms with E-state index in [2.05, 4.69) is 13.0 Å². The average molecular weight is 242 g/mol. The van der Waals surface area contributed by atoms with Gasteiger partial charge in [0.05, 0.1) is 12.1 Å². The molecule has 1 aromatic rings. The molecule has 0 unspecified atom stereocenters. The zero-order chi connectivity index (χ0) is 12.1. The highest BCUT2D eigenvalue weighted by Crippen LogP contribution is 2.34. The number of nitrogens with two attached hydrogens (primary N) is 1. The van der Waals surface area contributed by atoms with Crippen LogP contribution in [-0.4, -0.2) is 13.7 Å².